The van der Waals surface area contributed by atoms with Gasteiger partial charge in [0.05, 0.1) is 12.6 Å². The van der Waals surface area contributed by atoms with E-state index in [0.717, 1.165) is 11.1 Å². The summed E-state index contributed by atoms with van der Waals surface area (Å²) in [6.07, 6.45) is 2.99. The summed E-state index contributed by atoms with van der Waals surface area (Å²) in [6.45, 7) is 0.991. The molecule has 4 heteroatoms. The first-order valence-corrected chi connectivity index (χ1v) is 5.24. The van der Waals surface area contributed by atoms with Crippen molar-refractivity contribution < 1.29 is 5.11 Å². The van der Waals surface area contributed by atoms with E-state index in [-0.39, 0.29) is 0 Å². The van der Waals surface area contributed by atoms with Gasteiger partial charge in [0.25, 0.3) is 0 Å². The Hall–Kier alpha value is -1.65. The maximum atomic E-state index is 9.96. The van der Waals surface area contributed by atoms with Gasteiger partial charge >= 0.3 is 0 Å². The number of benzene rings is 1. The van der Waals surface area contributed by atoms with Crippen LogP contribution in [0.25, 0.3) is 0 Å². The largest absolute Gasteiger partial charge is 0.386 e. The van der Waals surface area contributed by atoms with Crippen molar-refractivity contribution in [1.29, 1.82) is 0 Å². The molecule has 84 valence electrons. The molecule has 1 atom stereocenters. The number of hydrogen-bond acceptors (Lipinski definition) is 3. The highest BCUT2D eigenvalue weighted by molar-refractivity contribution is 5.23. The third kappa shape index (κ3) is 2.48. The van der Waals surface area contributed by atoms with Gasteiger partial charge in [-0.3, -0.25) is 4.68 Å². The van der Waals surface area contributed by atoms with Gasteiger partial charge < -0.3 is 10.8 Å². The van der Waals surface area contributed by atoms with E-state index in [1.165, 1.54) is 0 Å². The fourth-order valence-corrected chi connectivity index (χ4v) is 1.57. The molecular formula is C12H15N3O. The predicted octanol–water partition coefficient (Wildman–Crippen LogP) is 1.08. The number of aromatic nitrogens is 2. The highest BCUT2D eigenvalue weighted by Crippen LogP contribution is 2.15. The zero-order valence-electron chi connectivity index (χ0n) is 8.95. The third-order valence-corrected chi connectivity index (χ3v) is 2.52. The van der Waals surface area contributed by atoms with E-state index in [4.69, 9.17) is 5.73 Å². The zero-order chi connectivity index (χ0) is 11.4. The van der Waals surface area contributed by atoms with Crippen LogP contribution in [0.4, 0.5) is 0 Å². The quantitative estimate of drug-likeness (QED) is 0.805. The van der Waals surface area contributed by atoms with Crippen molar-refractivity contribution in [2.24, 2.45) is 5.73 Å². The number of aliphatic hydroxyl groups is 1. The first-order chi connectivity index (χ1) is 7.79. The van der Waals surface area contributed by atoms with Crippen LogP contribution in [-0.2, 0) is 13.1 Å². The maximum Gasteiger partial charge on any atom is 0.0985 e. The van der Waals surface area contributed by atoms with Gasteiger partial charge in [-0.15, -0.1) is 0 Å². The standard InChI is InChI=1S/C12H15N3O/c13-8-10-2-4-11(5-3-10)12(16)9-15-7-1-6-14-15/h1-7,12,16H,8-9,13H2. The number of nitrogens with two attached hydrogens (primary N) is 1. The molecule has 0 spiro atoms. The van der Waals surface area contributed by atoms with Gasteiger partial charge in [0.2, 0.25) is 0 Å². The second kappa shape index (κ2) is 4.92. The average Bonchev–Trinajstić information content (AvgIpc) is 2.82. The lowest BCUT2D eigenvalue weighted by Crippen LogP contribution is -2.09. The molecule has 0 saturated carbocycles. The van der Waals surface area contributed by atoms with Gasteiger partial charge in [0, 0.05) is 18.9 Å². The Labute approximate surface area is 94.3 Å². The lowest BCUT2D eigenvalue weighted by molar-refractivity contribution is 0.151. The zero-order valence-corrected chi connectivity index (χ0v) is 8.95. The molecule has 4 nitrogen and oxygen atoms in total. The van der Waals surface area contributed by atoms with Crippen molar-refractivity contribution >= 4 is 0 Å². The van der Waals surface area contributed by atoms with E-state index in [2.05, 4.69) is 5.10 Å². The van der Waals surface area contributed by atoms with Crippen molar-refractivity contribution in [2.45, 2.75) is 19.2 Å². The summed E-state index contributed by atoms with van der Waals surface area (Å²) in [5.41, 5.74) is 7.46. The molecule has 0 radical (unpaired) electrons. The Bertz CT molecular complexity index is 422. The minimum atomic E-state index is -0.535. The first kappa shape index (κ1) is 10.9. The molecule has 16 heavy (non-hydrogen) atoms. The molecule has 1 unspecified atom stereocenters. The summed E-state index contributed by atoms with van der Waals surface area (Å²) in [5.74, 6) is 0. The summed E-state index contributed by atoms with van der Waals surface area (Å²) in [5, 5.41) is 14.0. The number of nitrogens with zero attached hydrogens (tertiary/aromatic N) is 2. The van der Waals surface area contributed by atoms with E-state index in [1.54, 1.807) is 10.9 Å². The molecule has 2 aromatic rings. The Morgan fingerprint density at radius 1 is 1.31 bits per heavy atom. The molecule has 1 aromatic carbocycles. The highest BCUT2D eigenvalue weighted by atomic mass is 16.3. The van der Waals surface area contributed by atoms with Crippen LogP contribution in [0.5, 0.6) is 0 Å². The summed E-state index contributed by atoms with van der Waals surface area (Å²) < 4.78 is 1.71. The van der Waals surface area contributed by atoms with E-state index >= 15 is 0 Å². The van der Waals surface area contributed by atoms with Crippen LogP contribution >= 0.6 is 0 Å². The first-order valence-electron chi connectivity index (χ1n) is 5.24. The molecular weight excluding hydrogens is 202 g/mol. The molecule has 0 aliphatic carbocycles. The van der Waals surface area contributed by atoms with E-state index in [9.17, 15) is 5.11 Å². The number of rotatable bonds is 4. The molecule has 0 bridgehead atoms. The molecule has 0 amide bonds. The SMILES string of the molecule is NCc1ccc(C(O)Cn2cccn2)cc1. The third-order valence-electron chi connectivity index (χ3n) is 2.52. The minimum absolute atomic E-state index is 0.467. The molecule has 1 heterocycles. The van der Waals surface area contributed by atoms with Crippen LogP contribution in [0.3, 0.4) is 0 Å². The Balaban J connectivity index is 2.05. The van der Waals surface area contributed by atoms with Crippen molar-refractivity contribution in [2.75, 3.05) is 0 Å². The fourth-order valence-electron chi connectivity index (χ4n) is 1.57. The molecule has 2 rings (SSSR count). The van der Waals surface area contributed by atoms with Gasteiger partial charge in [-0.1, -0.05) is 24.3 Å². The maximum absolute atomic E-state index is 9.96. The summed E-state index contributed by atoms with van der Waals surface area (Å²) >= 11 is 0. The Kier molecular flexibility index (Phi) is 3.34. The monoisotopic (exact) mass is 217 g/mol. The second-order valence-corrected chi connectivity index (χ2v) is 3.69. The fraction of sp³-hybridized carbons (Fsp3) is 0.250. The van der Waals surface area contributed by atoms with Gasteiger partial charge in [-0.25, -0.2) is 0 Å². The van der Waals surface area contributed by atoms with Gasteiger partial charge in [0.15, 0.2) is 0 Å². The smallest absolute Gasteiger partial charge is 0.0985 e. The van der Waals surface area contributed by atoms with Crippen LogP contribution in [0.15, 0.2) is 42.7 Å². The molecule has 0 fully saturated rings. The summed E-state index contributed by atoms with van der Waals surface area (Å²) in [7, 11) is 0. The number of aliphatic hydroxyl groups excluding tert-OH is 1. The molecule has 1 aromatic heterocycles. The molecule has 0 aliphatic heterocycles. The molecule has 0 aliphatic rings. The van der Waals surface area contributed by atoms with E-state index in [0.29, 0.717) is 13.1 Å². The van der Waals surface area contributed by atoms with E-state index < -0.39 is 6.10 Å². The normalized spacial score (nSPS) is 12.6. The summed E-state index contributed by atoms with van der Waals surface area (Å²) in [6, 6.07) is 9.50. The highest BCUT2D eigenvalue weighted by Gasteiger charge is 2.07. The van der Waals surface area contributed by atoms with Gasteiger partial charge in [-0.2, -0.15) is 5.10 Å². The van der Waals surface area contributed by atoms with E-state index in [1.807, 2.05) is 36.5 Å². The van der Waals surface area contributed by atoms with Crippen molar-refractivity contribution in [3.8, 4) is 0 Å². The van der Waals surface area contributed by atoms with Crippen LogP contribution < -0.4 is 5.73 Å². The minimum Gasteiger partial charge on any atom is -0.386 e. The second-order valence-electron chi connectivity index (χ2n) is 3.69. The number of hydrogen-bond donors (Lipinski definition) is 2. The van der Waals surface area contributed by atoms with Crippen molar-refractivity contribution in [1.82, 2.24) is 9.78 Å². The summed E-state index contributed by atoms with van der Waals surface area (Å²) in [4.78, 5) is 0. The van der Waals surface area contributed by atoms with Crippen LogP contribution in [0, 0.1) is 0 Å². The van der Waals surface area contributed by atoms with Gasteiger partial charge in [-0.05, 0) is 17.2 Å². The van der Waals surface area contributed by atoms with Crippen molar-refractivity contribution in [3.05, 3.63) is 53.9 Å². The average molecular weight is 217 g/mol. The van der Waals surface area contributed by atoms with Crippen LogP contribution in [0.2, 0.25) is 0 Å². The molecule has 3 N–H and O–H groups in total. The molecule has 0 saturated heterocycles. The Morgan fingerprint density at radius 2 is 2.06 bits per heavy atom. The lowest BCUT2D eigenvalue weighted by Gasteiger charge is -2.11. The van der Waals surface area contributed by atoms with Gasteiger partial charge in [0.1, 0.15) is 0 Å². The lowest BCUT2D eigenvalue weighted by atomic mass is 10.1. The Morgan fingerprint density at radius 3 is 2.62 bits per heavy atom. The van der Waals surface area contributed by atoms with Crippen molar-refractivity contribution in [3.63, 3.8) is 0 Å². The topological polar surface area (TPSA) is 64.1 Å². The van der Waals surface area contributed by atoms with Crippen LogP contribution in [-0.4, -0.2) is 14.9 Å². The van der Waals surface area contributed by atoms with Crippen LogP contribution in [0.1, 0.15) is 17.2 Å². The predicted molar refractivity (Wildman–Crippen MR) is 61.5 cm³/mol.